The minimum atomic E-state index is -0.0708. The van der Waals surface area contributed by atoms with Crippen molar-refractivity contribution in [2.24, 2.45) is 0 Å². The first kappa shape index (κ1) is 11.9. The summed E-state index contributed by atoms with van der Waals surface area (Å²) in [5.41, 5.74) is 2.06. The van der Waals surface area contributed by atoms with Crippen LogP contribution >= 0.6 is 0 Å². The van der Waals surface area contributed by atoms with E-state index in [1.807, 2.05) is 42.3 Å². The van der Waals surface area contributed by atoms with Gasteiger partial charge in [-0.3, -0.25) is 0 Å². The van der Waals surface area contributed by atoms with Crippen LogP contribution in [-0.2, 0) is 9.53 Å². The third-order valence-electron chi connectivity index (χ3n) is 2.53. The van der Waals surface area contributed by atoms with Gasteiger partial charge >= 0.3 is 0 Å². The first-order valence-corrected chi connectivity index (χ1v) is 5.49. The molecule has 18 heavy (non-hydrogen) atoms. The van der Waals surface area contributed by atoms with Crippen LogP contribution in [0.15, 0.2) is 47.7 Å². The highest BCUT2D eigenvalue weighted by molar-refractivity contribution is 5.90. The van der Waals surface area contributed by atoms with Crippen LogP contribution in [0, 0.1) is 17.4 Å². The van der Waals surface area contributed by atoms with Crippen LogP contribution in [0.4, 0.5) is 0 Å². The van der Waals surface area contributed by atoms with Crippen LogP contribution < -0.4 is 0 Å². The van der Waals surface area contributed by atoms with Crippen molar-refractivity contribution < 1.29 is 9.53 Å². The van der Waals surface area contributed by atoms with E-state index in [9.17, 15) is 4.79 Å². The Balaban J connectivity index is 2.52. The highest BCUT2D eigenvalue weighted by Crippen LogP contribution is 2.31. The molecule has 0 unspecified atom stereocenters. The van der Waals surface area contributed by atoms with Gasteiger partial charge in [0.05, 0.1) is 5.57 Å². The summed E-state index contributed by atoms with van der Waals surface area (Å²) in [5.74, 6) is 2.36. The Morgan fingerprint density at radius 1 is 1.33 bits per heavy atom. The first-order chi connectivity index (χ1) is 8.86. The predicted octanol–water partition coefficient (Wildman–Crippen LogP) is 2.46. The van der Waals surface area contributed by atoms with Crippen LogP contribution in [0.1, 0.15) is 12.0 Å². The third kappa shape index (κ3) is 2.40. The number of benzene rings is 1. The second kappa shape index (κ2) is 5.67. The minimum absolute atomic E-state index is 0.0708. The molecule has 1 aliphatic carbocycles. The van der Waals surface area contributed by atoms with E-state index >= 15 is 0 Å². The van der Waals surface area contributed by atoms with Gasteiger partial charge in [-0.15, -0.1) is 0 Å². The maximum absolute atomic E-state index is 11.0. The molecule has 0 saturated carbocycles. The van der Waals surface area contributed by atoms with Gasteiger partial charge in [0.15, 0.2) is 6.61 Å². The summed E-state index contributed by atoms with van der Waals surface area (Å²) in [6, 6.07) is 11.3. The Kier molecular flexibility index (Phi) is 3.76. The van der Waals surface area contributed by atoms with Crippen LogP contribution in [0.3, 0.4) is 0 Å². The summed E-state index contributed by atoms with van der Waals surface area (Å²) in [6.45, 7) is -0.0708. The first-order valence-electron chi connectivity index (χ1n) is 5.49. The normalized spacial score (nSPS) is 14.1. The quantitative estimate of drug-likeness (QED) is 0.757. The molecule has 0 aromatic heterocycles. The van der Waals surface area contributed by atoms with Crippen molar-refractivity contribution in [1.82, 2.24) is 0 Å². The molecular formula is C15H10NO2. The molecule has 1 aliphatic rings. The van der Waals surface area contributed by atoms with Crippen LogP contribution in [0.5, 0.6) is 0 Å². The lowest BCUT2D eigenvalue weighted by Crippen LogP contribution is -2.03. The molecule has 0 heterocycles. The molecule has 3 nitrogen and oxygen atoms in total. The molecule has 1 aromatic rings. The topological polar surface area (TPSA) is 50.1 Å². The van der Waals surface area contributed by atoms with E-state index in [0.717, 1.165) is 5.56 Å². The number of nitriles is 1. The van der Waals surface area contributed by atoms with Crippen molar-refractivity contribution in [1.29, 1.82) is 5.26 Å². The molecule has 1 aromatic carbocycles. The van der Waals surface area contributed by atoms with E-state index in [-0.39, 0.29) is 6.61 Å². The van der Waals surface area contributed by atoms with Crippen LogP contribution in [-0.4, -0.2) is 12.5 Å². The molecule has 2 rings (SSSR count). The second-order valence-corrected chi connectivity index (χ2v) is 3.65. The summed E-state index contributed by atoms with van der Waals surface area (Å²) in [6.07, 6.45) is 5.14. The Morgan fingerprint density at radius 3 is 2.78 bits per heavy atom. The Labute approximate surface area is 105 Å². The Hall–Kier alpha value is -2.56. The summed E-state index contributed by atoms with van der Waals surface area (Å²) in [5, 5.41) is 8.56. The fourth-order valence-corrected chi connectivity index (χ4v) is 1.78. The number of ether oxygens (including phenoxy) is 1. The maximum Gasteiger partial charge on any atom is 0.174 e. The summed E-state index contributed by atoms with van der Waals surface area (Å²) in [7, 11) is 0. The van der Waals surface area contributed by atoms with E-state index in [1.165, 1.54) is 0 Å². The highest BCUT2D eigenvalue weighted by atomic mass is 16.5. The van der Waals surface area contributed by atoms with Gasteiger partial charge in [-0.2, -0.15) is 5.26 Å². The summed E-state index contributed by atoms with van der Waals surface area (Å²) >= 11 is 0. The molecule has 1 radical (unpaired) electrons. The van der Waals surface area contributed by atoms with Crippen molar-refractivity contribution in [3.8, 4) is 6.07 Å². The van der Waals surface area contributed by atoms with E-state index in [1.54, 1.807) is 6.08 Å². The van der Waals surface area contributed by atoms with E-state index in [2.05, 4.69) is 6.08 Å². The summed E-state index contributed by atoms with van der Waals surface area (Å²) < 4.78 is 5.31. The standard InChI is InChI=1S/C15H10NO2/c16-9-10-18-14-8-4-7-13(11-17)15(14)12-5-2-1-3-6-12/h1-6H,7,10H2. The molecule has 0 N–H and O–H groups in total. The van der Waals surface area contributed by atoms with Gasteiger partial charge in [0.25, 0.3) is 0 Å². The molecule has 0 atom stereocenters. The molecule has 0 saturated heterocycles. The maximum atomic E-state index is 11.0. The molecule has 0 amide bonds. The van der Waals surface area contributed by atoms with E-state index in [0.29, 0.717) is 23.3 Å². The third-order valence-corrected chi connectivity index (χ3v) is 2.53. The average molecular weight is 236 g/mol. The molecule has 87 valence electrons. The smallest absolute Gasteiger partial charge is 0.174 e. The van der Waals surface area contributed by atoms with Gasteiger partial charge in [-0.1, -0.05) is 36.4 Å². The monoisotopic (exact) mass is 236 g/mol. The Bertz CT molecular complexity index is 585. The average Bonchev–Trinajstić information content (AvgIpc) is 2.45. The number of carbonyl (C=O) groups excluding carboxylic acids is 1. The Morgan fingerprint density at radius 2 is 2.11 bits per heavy atom. The van der Waals surface area contributed by atoms with Gasteiger partial charge in [0.2, 0.25) is 0 Å². The van der Waals surface area contributed by atoms with Crippen molar-refractivity contribution in [3.63, 3.8) is 0 Å². The predicted molar refractivity (Wildman–Crippen MR) is 66.6 cm³/mol. The number of hydrogen-bond acceptors (Lipinski definition) is 3. The van der Waals surface area contributed by atoms with Crippen molar-refractivity contribution >= 4 is 11.5 Å². The SMILES string of the molecule is N#CCOC1=C(c2ccccc2)C(=C=O)CC=[C]1. The van der Waals surface area contributed by atoms with Crippen LogP contribution in [0.2, 0.25) is 0 Å². The molecule has 3 heteroatoms. The fraction of sp³-hybridized carbons (Fsp3) is 0.133. The largest absolute Gasteiger partial charge is 0.477 e. The number of allylic oxidation sites excluding steroid dienone is 4. The second-order valence-electron chi connectivity index (χ2n) is 3.65. The fourth-order valence-electron chi connectivity index (χ4n) is 1.78. The molecule has 0 fully saturated rings. The lowest BCUT2D eigenvalue weighted by Gasteiger charge is -2.16. The lowest BCUT2D eigenvalue weighted by atomic mass is 9.92. The number of nitrogens with zero attached hydrogens (tertiary/aromatic N) is 1. The zero-order chi connectivity index (χ0) is 12.8. The van der Waals surface area contributed by atoms with Crippen molar-refractivity contribution in [3.05, 3.63) is 59.4 Å². The zero-order valence-electron chi connectivity index (χ0n) is 9.64. The highest BCUT2D eigenvalue weighted by Gasteiger charge is 2.18. The van der Waals surface area contributed by atoms with Gasteiger partial charge in [-0.25, -0.2) is 4.79 Å². The zero-order valence-corrected chi connectivity index (χ0v) is 9.64. The molecule has 0 bridgehead atoms. The van der Waals surface area contributed by atoms with Gasteiger partial charge < -0.3 is 4.74 Å². The van der Waals surface area contributed by atoms with Gasteiger partial charge in [-0.05, 0) is 5.56 Å². The lowest BCUT2D eigenvalue weighted by molar-refractivity contribution is 0.264. The number of rotatable bonds is 3. The number of hydrogen-bond donors (Lipinski definition) is 0. The summed E-state index contributed by atoms with van der Waals surface area (Å²) in [4.78, 5) is 11.0. The van der Waals surface area contributed by atoms with E-state index in [4.69, 9.17) is 10.00 Å². The van der Waals surface area contributed by atoms with Crippen molar-refractivity contribution in [2.45, 2.75) is 6.42 Å². The van der Waals surface area contributed by atoms with Crippen LogP contribution in [0.25, 0.3) is 5.57 Å². The molecule has 0 aliphatic heterocycles. The van der Waals surface area contributed by atoms with Crippen molar-refractivity contribution in [2.75, 3.05) is 6.61 Å². The van der Waals surface area contributed by atoms with Gasteiger partial charge in [0.1, 0.15) is 17.8 Å². The van der Waals surface area contributed by atoms with E-state index < -0.39 is 0 Å². The molecule has 0 spiro atoms. The minimum Gasteiger partial charge on any atom is -0.477 e. The van der Waals surface area contributed by atoms with Gasteiger partial charge in [0, 0.05) is 18.1 Å². The molecular weight excluding hydrogens is 226 g/mol.